The van der Waals surface area contributed by atoms with Crippen molar-refractivity contribution in [2.75, 3.05) is 0 Å². The van der Waals surface area contributed by atoms with E-state index in [1.165, 1.54) is 0 Å². The summed E-state index contributed by atoms with van der Waals surface area (Å²) in [6, 6.07) is 1.98. The van der Waals surface area contributed by atoms with Crippen LogP contribution in [0.4, 0.5) is 0 Å². The molecule has 1 aliphatic heterocycles. The van der Waals surface area contributed by atoms with Crippen LogP contribution in [0, 0.1) is 0 Å². The van der Waals surface area contributed by atoms with Gasteiger partial charge in [0.1, 0.15) is 0 Å². The van der Waals surface area contributed by atoms with E-state index >= 15 is 0 Å². The van der Waals surface area contributed by atoms with Gasteiger partial charge in [-0.05, 0) is 33.3 Å². The minimum absolute atomic E-state index is 0.323. The molecular formula is C12H19BN2O2. The van der Waals surface area contributed by atoms with Crippen LogP contribution >= 0.6 is 0 Å². The molecule has 0 bridgehead atoms. The number of rotatable bonds is 2. The van der Waals surface area contributed by atoms with Gasteiger partial charge in [0.05, 0.1) is 11.2 Å². The molecule has 0 atom stereocenters. The molecule has 2 heterocycles. The van der Waals surface area contributed by atoms with E-state index in [4.69, 9.17) is 15.0 Å². The lowest BCUT2D eigenvalue weighted by atomic mass is 9.80. The van der Waals surface area contributed by atoms with E-state index in [-0.39, 0.29) is 18.3 Å². The minimum Gasteiger partial charge on any atom is -0.399 e. The highest BCUT2D eigenvalue weighted by molar-refractivity contribution is 6.62. The van der Waals surface area contributed by atoms with Crippen LogP contribution in [-0.2, 0) is 15.9 Å². The zero-order valence-corrected chi connectivity index (χ0v) is 10.9. The molecule has 1 saturated heterocycles. The molecule has 0 unspecified atom stereocenters. The van der Waals surface area contributed by atoms with Crippen LogP contribution in [0.5, 0.6) is 0 Å². The molecule has 2 rings (SSSR count). The second-order valence-corrected chi connectivity index (χ2v) is 5.42. The zero-order valence-electron chi connectivity index (χ0n) is 10.9. The van der Waals surface area contributed by atoms with Crippen molar-refractivity contribution in [3.63, 3.8) is 0 Å². The van der Waals surface area contributed by atoms with Crippen molar-refractivity contribution in [3.05, 3.63) is 24.0 Å². The van der Waals surface area contributed by atoms with Crippen LogP contribution in [0.3, 0.4) is 0 Å². The molecular weight excluding hydrogens is 215 g/mol. The number of hydrogen-bond acceptors (Lipinski definition) is 4. The summed E-state index contributed by atoms with van der Waals surface area (Å²) in [7, 11) is -0.362. The lowest BCUT2D eigenvalue weighted by molar-refractivity contribution is 0.00578. The molecule has 0 saturated carbocycles. The standard InChI is InChI=1S/C12H19BN2O2/c1-11(2)12(3,4)17-13(16-11)10-5-9(6-14)7-15-8-10/h5,7-8H,6,14H2,1-4H3. The van der Waals surface area contributed by atoms with Crippen LogP contribution in [0.15, 0.2) is 18.5 Å². The van der Waals surface area contributed by atoms with Crippen molar-refractivity contribution in [1.29, 1.82) is 0 Å². The first-order valence-corrected chi connectivity index (χ1v) is 5.85. The van der Waals surface area contributed by atoms with Gasteiger partial charge in [-0.1, -0.05) is 6.07 Å². The fourth-order valence-corrected chi connectivity index (χ4v) is 1.73. The van der Waals surface area contributed by atoms with E-state index in [0.717, 1.165) is 11.0 Å². The van der Waals surface area contributed by atoms with Crippen molar-refractivity contribution >= 4 is 12.6 Å². The Balaban J connectivity index is 2.25. The van der Waals surface area contributed by atoms with Crippen LogP contribution in [0.1, 0.15) is 33.3 Å². The Bertz CT molecular complexity index is 405. The molecule has 0 radical (unpaired) electrons. The number of hydrogen-bond donors (Lipinski definition) is 1. The average Bonchev–Trinajstić information content (AvgIpc) is 2.48. The van der Waals surface area contributed by atoms with Crippen molar-refractivity contribution in [1.82, 2.24) is 4.98 Å². The summed E-state index contributed by atoms with van der Waals surface area (Å²) in [5.41, 5.74) is 6.86. The second kappa shape index (κ2) is 4.08. The van der Waals surface area contributed by atoms with Gasteiger partial charge in [-0.15, -0.1) is 0 Å². The van der Waals surface area contributed by atoms with Gasteiger partial charge in [0.25, 0.3) is 0 Å². The maximum Gasteiger partial charge on any atom is 0.496 e. The van der Waals surface area contributed by atoms with E-state index in [9.17, 15) is 0 Å². The Labute approximate surface area is 103 Å². The van der Waals surface area contributed by atoms with Gasteiger partial charge in [0.2, 0.25) is 0 Å². The largest absolute Gasteiger partial charge is 0.496 e. The van der Waals surface area contributed by atoms with Gasteiger partial charge in [-0.25, -0.2) is 0 Å². The third kappa shape index (κ3) is 2.23. The maximum absolute atomic E-state index is 5.95. The maximum atomic E-state index is 5.95. The first-order valence-electron chi connectivity index (χ1n) is 5.85. The molecule has 0 aromatic carbocycles. The van der Waals surface area contributed by atoms with Crippen LogP contribution in [-0.4, -0.2) is 23.3 Å². The molecule has 1 aliphatic rings. The van der Waals surface area contributed by atoms with Gasteiger partial charge in [-0.2, -0.15) is 0 Å². The second-order valence-electron chi connectivity index (χ2n) is 5.42. The monoisotopic (exact) mass is 234 g/mol. The molecule has 2 N–H and O–H groups in total. The molecule has 5 heteroatoms. The van der Waals surface area contributed by atoms with Crippen molar-refractivity contribution in [2.24, 2.45) is 5.73 Å². The topological polar surface area (TPSA) is 57.4 Å². The highest BCUT2D eigenvalue weighted by atomic mass is 16.7. The summed E-state index contributed by atoms with van der Waals surface area (Å²) >= 11 is 0. The Kier molecular flexibility index (Phi) is 3.02. The third-order valence-electron chi connectivity index (χ3n) is 3.58. The van der Waals surface area contributed by atoms with E-state index in [1.807, 2.05) is 33.8 Å². The minimum atomic E-state index is -0.362. The van der Waals surface area contributed by atoms with Gasteiger partial charge in [0.15, 0.2) is 0 Å². The summed E-state index contributed by atoms with van der Waals surface area (Å²) in [6.45, 7) is 8.61. The Morgan fingerprint density at radius 3 is 2.29 bits per heavy atom. The Hall–Kier alpha value is -0.905. The summed E-state index contributed by atoms with van der Waals surface area (Å²) in [6.07, 6.45) is 3.52. The molecule has 1 aromatic rings. The molecule has 4 nitrogen and oxygen atoms in total. The summed E-state index contributed by atoms with van der Waals surface area (Å²) in [5.74, 6) is 0. The van der Waals surface area contributed by atoms with Crippen molar-refractivity contribution in [3.8, 4) is 0 Å². The Morgan fingerprint density at radius 1 is 1.18 bits per heavy atom. The molecule has 0 spiro atoms. The molecule has 0 amide bonds. The quantitative estimate of drug-likeness (QED) is 0.770. The van der Waals surface area contributed by atoms with Gasteiger partial charge in [-0.3, -0.25) is 4.98 Å². The van der Waals surface area contributed by atoms with Crippen molar-refractivity contribution in [2.45, 2.75) is 45.4 Å². The van der Waals surface area contributed by atoms with Gasteiger partial charge in [0, 0.05) is 24.4 Å². The molecule has 92 valence electrons. The number of nitrogens with zero attached hydrogens (tertiary/aromatic N) is 1. The first kappa shape index (κ1) is 12.5. The number of aromatic nitrogens is 1. The average molecular weight is 234 g/mol. The highest BCUT2D eigenvalue weighted by Crippen LogP contribution is 2.36. The number of pyridine rings is 1. The smallest absolute Gasteiger partial charge is 0.399 e. The van der Waals surface area contributed by atoms with E-state index in [2.05, 4.69) is 4.98 Å². The molecule has 0 aliphatic carbocycles. The van der Waals surface area contributed by atoms with Crippen LogP contribution in [0.2, 0.25) is 0 Å². The predicted molar refractivity (Wildman–Crippen MR) is 67.8 cm³/mol. The summed E-state index contributed by atoms with van der Waals surface area (Å²) < 4.78 is 11.9. The normalized spacial score (nSPS) is 21.8. The molecule has 17 heavy (non-hydrogen) atoms. The summed E-state index contributed by atoms with van der Waals surface area (Å²) in [4.78, 5) is 4.16. The Morgan fingerprint density at radius 2 is 1.76 bits per heavy atom. The first-order chi connectivity index (χ1) is 7.86. The fraction of sp³-hybridized carbons (Fsp3) is 0.583. The number of nitrogens with two attached hydrogens (primary N) is 1. The van der Waals surface area contributed by atoms with E-state index in [1.54, 1.807) is 12.4 Å². The van der Waals surface area contributed by atoms with Crippen molar-refractivity contribution < 1.29 is 9.31 Å². The predicted octanol–water partition coefficient (Wildman–Crippen LogP) is 0.839. The third-order valence-corrected chi connectivity index (χ3v) is 3.58. The highest BCUT2D eigenvalue weighted by Gasteiger charge is 2.51. The van der Waals surface area contributed by atoms with Gasteiger partial charge < -0.3 is 15.0 Å². The van der Waals surface area contributed by atoms with E-state index < -0.39 is 0 Å². The fourth-order valence-electron chi connectivity index (χ4n) is 1.73. The zero-order chi connectivity index (χ0) is 12.7. The molecule has 1 aromatic heterocycles. The molecule has 1 fully saturated rings. The van der Waals surface area contributed by atoms with Crippen LogP contribution < -0.4 is 11.2 Å². The lowest BCUT2D eigenvalue weighted by Crippen LogP contribution is -2.41. The van der Waals surface area contributed by atoms with Crippen LogP contribution in [0.25, 0.3) is 0 Å². The lowest BCUT2D eigenvalue weighted by Gasteiger charge is -2.32. The summed E-state index contributed by atoms with van der Waals surface area (Å²) in [5, 5.41) is 0. The van der Waals surface area contributed by atoms with E-state index in [0.29, 0.717) is 6.54 Å². The van der Waals surface area contributed by atoms with Gasteiger partial charge >= 0.3 is 7.12 Å². The SMILES string of the molecule is CC1(C)OB(c2cncc(CN)c2)OC1(C)C.